The molecule has 3 rings (SSSR count). The van der Waals surface area contributed by atoms with Gasteiger partial charge in [-0.25, -0.2) is 0 Å². The minimum atomic E-state index is -0.129. The van der Waals surface area contributed by atoms with Gasteiger partial charge in [0.1, 0.15) is 0 Å². The summed E-state index contributed by atoms with van der Waals surface area (Å²) in [6.07, 6.45) is 2.13. The highest BCUT2D eigenvalue weighted by Crippen LogP contribution is 2.31. The van der Waals surface area contributed by atoms with E-state index in [1.54, 1.807) is 6.07 Å². The van der Waals surface area contributed by atoms with E-state index in [-0.39, 0.29) is 24.2 Å². The van der Waals surface area contributed by atoms with Crippen LogP contribution in [0.5, 0.6) is 0 Å². The van der Waals surface area contributed by atoms with Crippen LogP contribution in [0.25, 0.3) is 0 Å². The Morgan fingerprint density at radius 3 is 2.69 bits per heavy atom. The van der Waals surface area contributed by atoms with E-state index in [0.717, 1.165) is 36.2 Å². The van der Waals surface area contributed by atoms with Crippen molar-refractivity contribution < 1.29 is 9.59 Å². The zero-order valence-electron chi connectivity index (χ0n) is 15.1. The van der Waals surface area contributed by atoms with E-state index in [0.29, 0.717) is 10.7 Å². The van der Waals surface area contributed by atoms with Gasteiger partial charge in [0, 0.05) is 28.9 Å². The fraction of sp³-hybridized carbons (Fsp3) is 0.333. The quantitative estimate of drug-likeness (QED) is 0.863. The van der Waals surface area contributed by atoms with E-state index in [1.165, 1.54) is 0 Å². The lowest BCUT2D eigenvalue weighted by molar-refractivity contribution is -0.121. The van der Waals surface area contributed by atoms with Crippen LogP contribution >= 0.6 is 11.6 Å². The van der Waals surface area contributed by atoms with Crippen LogP contribution in [0.3, 0.4) is 0 Å². The van der Waals surface area contributed by atoms with Gasteiger partial charge in [0.15, 0.2) is 0 Å². The van der Waals surface area contributed by atoms with E-state index in [4.69, 9.17) is 11.6 Å². The fourth-order valence-corrected chi connectivity index (χ4v) is 3.42. The molecule has 5 heteroatoms. The number of benzene rings is 2. The third-order valence-corrected chi connectivity index (χ3v) is 4.93. The fourth-order valence-electron chi connectivity index (χ4n) is 3.21. The number of halogens is 1. The van der Waals surface area contributed by atoms with E-state index in [2.05, 4.69) is 5.32 Å². The number of nitrogens with one attached hydrogen (secondary N) is 1. The summed E-state index contributed by atoms with van der Waals surface area (Å²) in [5.74, 6) is -0.0690. The summed E-state index contributed by atoms with van der Waals surface area (Å²) in [5, 5.41) is 3.51. The molecule has 136 valence electrons. The molecule has 1 aliphatic rings. The summed E-state index contributed by atoms with van der Waals surface area (Å²) in [6, 6.07) is 13.1. The van der Waals surface area contributed by atoms with Gasteiger partial charge in [-0.1, -0.05) is 49.7 Å². The average molecular weight is 371 g/mol. The Morgan fingerprint density at radius 2 is 1.96 bits per heavy atom. The molecule has 0 saturated heterocycles. The maximum atomic E-state index is 12.5. The third kappa shape index (κ3) is 4.07. The number of hydrogen-bond donors (Lipinski definition) is 1. The molecule has 4 nitrogen and oxygen atoms in total. The number of carbonyl (C=O) groups is 2. The molecule has 0 spiro atoms. The van der Waals surface area contributed by atoms with Crippen molar-refractivity contribution in [2.24, 2.45) is 5.92 Å². The predicted molar refractivity (Wildman–Crippen MR) is 106 cm³/mol. The molecule has 2 aromatic carbocycles. The first-order chi connectivity index (χ1) is 12.5. The summed E-state index contributed by atoms with van der Waals surface area (Å²) >= 11 is 6.13. The Labute approximate surface area is 159 Å². The summed E-state index contributed by atoms with van der Waals surface area (Å²) < 4.78 is 0. The monoisotopic (exact) mass is 370 g/mol. The van der Waals surface area contributed by atoms with Gasteiger partial charge in [-0.2, -0.15) is 0 Å². The number of rotatable bonds is 4. The summed E-state index contributed by atoms with van der Waals surface area (Å²) in [5.41, 5.74) is 3.55. The molecular formula is C21H23ClN2O2. The van der Waals surface area contributed by atoms with Gasteiger partial charge in [0.25, 0.3) is 0 Å². The first-order valence-electron chi connectivity index (χ1n) is 8.93. The van der Waals surface area contributed by atoms with Crippen molar-refractivity contribution in [1.29, 1.82) is 0 Å². The number of nitrogens with zero attached hydrogens (tertiary/aromatic N) is 1. The zero-order chi connectivity index (χ0) is 18.7. The molecule has 0 saturated carbocycles. The summed E-state index contributed by atoms with van der Waals surface area (Å²) in [6.45, 7) is 4.54. The number of fused-ring (bicyclic) bond motifs is 1. The lowest BCUT2D eigenvalue weighted by Gasteiger charge is -2.31. The first kappa shape index (κ1) is 18.5. The van der Waals surface area contributed by atoms with E-state index in [1.807, 2.05) is 55.1 Å². The molecule has 0 bridgehead atoms. The molecule has 2 amide bonds. The van der Waals surface area contributed by atoms with Gasteiger partial charge >= 0.3 is 0 Å². The standard InChI is InChI=1S/C21H23ClN2O2/c1-14(2)21(26)24-11-5-7-15-9-10-17(13-19(15)24)23-20(25)12-16-6-3-4-8-18(16)22/h3-4,6,8-10,13-14H,5,7,11-12H2,1-2H3,(H,23,25). The van der Waals surface area contributed by atoms with Crippen LogP contribution in [0.4, 0.5) is 11.4 Å². The van der Waals surface area contributed by atoms with Crippen molar-refractivity contribution in [1.82, 2.24) is 0 Å². The van der Waals surface area contributed by atoms with Crippen LogP contribution in [0.15, 0.2) is 42.5 Å². The van der Waals surface area contributed by atoms with Crippen LogP contribution in [0.2, 0.25) is 5.02 Å². The molecule has 1 heterocycles. The predicted octanol–water partition coefficient (Wildman–Crippen LogP) is 4.46. The van der Waals surface area contributed by atoms with Crippen LogP contribution in [-0.4, -0.2) is 18.4 Å². The van der Waals surface area contributed by atoms with Crippen LogP contribution in [0, 0.1) is 5.92 Å². The summed E-state index contributed by atoms with van der Waals surface area (Å²) in [7, 11) is 0. The van der Waals surface area contributed by atoms with E-state index in [9.17, 15) is 9.59 Å². The Hall–Kier alpha value is -2.33. The Bertz CT molecular complexity index is 833. The molecule has 2 aromatic rings. The molecule has 0 aromatic heterocycles. The van der Waals surface area contributed by atoms with Crippen molar-refractivity contribution in [3.63, 3.8) is 0 Å². The Balaban J connectivity index is 1.77. The lowest BCUT2D eigenvalue weighted by Crippen LogP contribution is -2.38. The van der Waals surface area contributed by atoms with Crippen molar-refractivity contribution in [2.45, 2.75) is 33.1 Å². The minimum absolute atomic E-state index is 0.0561. The van der Waals surface area contributed by atoms with Crippen molar-refractivity contribution in [3.05, 3.63) is 58.6 Å². The van der Waals surface area contributed by atoms with Gasteiger partial charge in [-0.3, -0.25) is 9.59 Å². The van der Waals surface area contributed by atoms with Gasteiger partial charge in [0.05, 0.1) is 6.42 Å². The highest BCUT2D eigenvalue weighted by atomic mass is 35.5. The number of amides is 2. The second kappa shape index (κ2) is 7.92. The number of anilines is 2. The number of hydrogen-bond acceptors (Lipinski definition) is 2. The van der Waals surface area contributed by atoms with Gasteiger partial charge in [-0.05, 0) is 42.2 Å². The average Bonchev–Trinajstić information content (AvgIpc) is 2.62. The largest absolute Gasteiger partial charge is 0.326 e. The van der Waals surface area contributed by atoms with Gasteiger partial charge in [-0.15, -0.1) is 0 Å². The van der Waals surface area contributed by atoms with Gasteiger partial charge < -0.3 is 10.2 Å². The normalized spacial score (nSPS) is 13.5. The molecule has 1 aliphatic heterocycles. The molecule has 0 unspecified atom stereocenters. The lowest BCUT2D eigenvalue weighted by atomic mass is 9.99. The smallest absolute Gasteiger partial charge is 0.229 e. The summed E-state index contributed by atoms with van der Waals surface area (Å²) in [4.78, 5) is 26.7. The van der Waals surface area contributed by atoms with Crippen molar-refractivity contribution >= 4 is 34.8 Å². The Morgan fingerprint density at radius 1 is 1.19 bits per heavy atom. The van der Waals surface area contributed by atoms with Gasteiger partial charge in [0.2, 0.25) is 11.8 Å². The molecule has 0 aliphatic carbocycles. The Kier molecular flexibility index (Phi) is 5.62. The van der Waals surface area contributed by atoms with E-state index < -0.39 is 0 Å². The highest BCUT2D eigenvalue weighted by molar-refractivity contribution is 6.31. The molecule has 0 atom stereocenters. The maximum Gasteiger partial charge on any atom is 0.229 e. The first-order valence-corrected chi connectivity index (χ1v) is 9.31. The van der Waals surface area contributed by atoms with Crippen molar-refractivity contribution in [2.75, 3.05) is 16.8 Å². The third-order valence-electron chi connectivity index (χ3n) is 4.56. The SMILES string of the molecule is CC(C)C(=O)N1CCCc2ccc(NC(=O)Cc3ccccc3Cl)cc21. The second-order valence-electron chi connectivity index (χ2n) is 6.91. The molecule has 0 radical (unpaired) electrons. The molecule has 26 heavy (non-hydrogen) atoms. The van der Waals surface area contributed by atoms with Crippen LogP contribution in [0.1, 0.15) is 31.4 Å². The maximum absolute atomic E-state index is 12.5. The number of aryl methyl sites for hydroxylation is 1. The number of carbonyl (C=O) groups excluding carboxylic acids is 2. The second-order valence-corrected chi connectivity index (χ2v) is 7.32. The zero-order valence-corrected chi connectivity index (χ0v) is 15.8. The minimum Gasteiger partial charge on any atom is -0.326 e. The van der Waals surface area contributed by atoms with Crippen LogP contribution in [-0.2, 0) is 22.4 Å². The van der Waals surface area contributed by atoms with Crippen LogP contribution < -0.4 is 10.2 Å². The molecule has 1 N–H and O–H groups in total. The van der Waals surface area contributed by atoms with E-state index >= 15 is 0 Å². The topological polar surface area (TPSA) is 49.4 Å². The van der Waals surface area contributed by atoms with Crippen molar-refractivity contribution in [3.8, 4) is 0 Å². The molecular weight excluding hydrogens is 348 g/mol. The highest BCUT2D eigenvalue weighted by Gasteiger charge is 2.24. The molecule has 0 fully saturated rings.